The van der Waals surface area contributed by atoms with E-state index in [2.05, 4.69) is 15.6 Å². The molecule has 6 heteroatoms. The summed E-state index contributed by atoms with van der Waals surface area (Å²) in [5.41, 5.74) is 1.19. The molecule has 0 radical (unpaired) electrons. The largest absolute Gasteiger partial charge is 0.497 e. The maximum atomic E-state index is 12.3. The van der Waals surface area contributed by atoms with Crippen molar-refractivity contribution in [3.05, 3.63) is 53.7 Å². The number of rotatable bonds is 6. The minimum absolute atomic E-state index is 0.398. The number of benzene rings is 1. The molecule has 1 aliphatic carbocycles. The molecule has 1 amide bonds. The van der Waals surface area contributed by atoms with Crippen LogP contribution in [0.4, 0.5) is 10.6 Å². The van der Waals surface area contributed by atoms with Gasteiger partial charge >= 0.3 is 6.09 Å². The van der Waals surface area contributed by atoms with E-state index in [1.54, 1.807) is 13.3 Å². The first-order valence-corrected chi connectivity index (χ1v) is 9.15. The fourth-order valence-electron chi connectivity index (χ4n) is 2.95. The summed E-state index contributed by atoms with van der Waals surface area (Å²) >= 11 is 0. The van der Waals surface area contributed by atoms with E-state index >= 15 is 0 Å². The lowest BCUT2D eigenvalue weighted by Gasteiger charge is -2.24. The Hall–Kier alpha value is -2.76. The summed E-state index contributed by atoms with van der Waals surface area (Å²) < 4.78 is 10.6. The summed E-state index contributed by atoms with van der Waals surface area (Å²) in [5, 5.41) is 6.43. The van der Waals surface area contributed by atoms with Gasteiger partial charge in [-0.1, -0.05) is 18.2 Å². The van der Waals surface area contributed by atoms with Crippen LogP contribution in [0.3, 0.4) is 0 Å². The molecule has 0 atom stereocenters. The highest BCUT2D eigenvalue weighted by molar-refractivity contribution is 5.71. The van der Waals surface area contributed by atoms with Crippen LogP contribution >= 0.6 is 0 Å². The molecule has 0 saturated heterocycles. The van der Waals surface area contributed by atoms with Crippen molar-refractivity contribution in [1.29, 1.82) is 0 Å². The minimum atomic E-state index is -0.523. The number of alkyl carbamates (subject to hydrolysis) is 1. The van der Waals surface area contributed by atoms with E-state index in [1.807, 2.05) is 57.2 Å². The van der Waals surface area contributed by atoms with Crippen LogP contribution in [-0.4, -0.2) is 23.8 Å². The van der Waals surface area contributed by atoms with Crippen molar-refractivity contribution < 1.29 is 14.3 Å². The third-order valence-corrected chi connectivity index (χ3v) is 4.43. The summed E-state index contributed by atoms with van der Waals surface area (Å²) in [5.74, 6) is 1.61. The van der Waals surface area contributed by atoms with Crippen LogP contribution in [0, 0.1) is 0 Å². The van der Waals surface area contributed by atoms with E-state index in [-0.39, 0.29) is 0 Å². The molecule has 0 spiro atoms. The van der Waals surface area contributed by atoms with E-state index in [4.69, 9.17) is 9.47 Å². The third kappa shape index (κ3) is 4.90. The smallest absolute Gasteiger partial charge is 0.408 e. The second-order valence-electron chi connectivity index (χ2n) is 7.81. The molecule has 0 bridgehead atoms. The van der Waals surface area contributed by atoms with Gasteiger partial charge in [0, 0.05) is 18.3 Å². The van der Waals surface area contributed by atoms with Crippen molar-refractivity contribution in [3.63, 3.8) is 0 Å². The highest BCUT2D eigenvalue weighted by Crippen LogP contribution is 2.48. The van der Waals surface area contributed by atoms with E-state index in [9.17, 15) is 4.79 Å². The maximum Gasteiger partial charge on any atom is 0.408 e. The molecule has 1 fully saturated rings. The van der Waals surface area contributed by atoms with E-state index in [0.717, 1.165) is 35.5 Å². The molecule has 27 heavy (non-hydrogen) atoms. The number of methoxy groups -OCH3 is 1. The van der Waals surface area contributed by atoms with Gasteiger partial charge < -0.3 is 20.1 Å². The zero-order chi connectivity index (χ0) is 19.5. The highest BCUT2D eigenvalue weighted by Gasteiger charge is 2.48. The van der Waals surface area contributed by atoms with Gasteiger partial charge in [-0.25, -0.2) is 9.78 Å². The number of hydrogen-bond donors (Lipinski definition) is 2. The highest BCUT2D eigenvalue weighted by atomic mass is 16.6. The number of aromatic nitrogens is 1. The van der Waals surface area contributed by atoms with Gasteiger partial charge in [0.2, 0.25) is 0 Å². The second kappa shape index (κ2) is 7.47. The Morgan fingerprint density at radius 3 is 2.48 bits per heavy atom. The Kier molecular flexibility index (Phi) is 5.26. The first-order valence-electron chi connectivity index (χ1n) is 9.15. The van der Waals surface area contributed by atoms with Crippen LogP contribution in [0.1, 0.15) is 44.7 Å². The summed E-state index contributed by atoms with van der Waals surface area (Å²) in [6.07, 6.45) is 3.10. The first-order chi connectivity index (χ1) is 12.8. The monoisotopic (exact) mass is 369 g/mol. The molecule has 1 aromatic carbocycles. The van der Waals surface area contributed by atoms with Crippen LogP contribution in [-0.2, 0) is 16.8 Å². The molecule has 144 valence electrons. The van der Waals surface area contributed by atoms with Crippen molar-refractivity contribution >= 4 is 11.9 Å². The molecular weight excluding hydrogens is 342 g/mol. The number of hydrogen-bond acceptors (Lipinski definition) is 5. The van der Waals surface area contributed by atoms with Gasteiger partial charge in [-0.2, -0.15) is 0 Å². The number of ether oxygens (including phenoxy) is 2. The fraction of sp³-hybridized carbons (Fsp3) is 0.429. The Bertz CT molecular complexity index is 793. The van der Waals surface area contributed by atoms with Crippen molar-refractivity contribution in [2.45, 2.75) is 51.3 Å². The number of anilines is 1. The third-order valence-electron chi connectivity index (χ3n) is 4.43. The van der Waals surface area contributed by atoms with Crippen LogP contribution in [0.2, 0.25) is 0 Å². The molecule has 1 aliphatic rings. The summed E-state index contributed by atoms with van der Waals surface area (Å²) in [4.78, 5) is 16.7. The van der Waals surface area contributed by atoms with E-state index < -0.39 is 17.2 Å². The molecule has 0 aliphatic heterocycles. The van der Waals surface area contributed by atoms with Crippen molar-refractivity contribution in [1.82, 2.24) is 10.3 Å². The van der Waals surface area contributed by atoms with Gasteiger partial charge in [0.15, 0.2) is 0 Å². The molecule has 1 heterocycles. The van der Waals surface area contributed by atoms with Crippen LogP contribution in [0.15, 0.2) is 42.6 Å². The summed E-state index contributed by atoms with van der Waals surface area (Å²) in [7, 11) is 1.65. The number of nitrogens with zero attached hydrogens (tertiary/aromatic N) is 1. The van der Waals surface area contributed by atoms with Gasteiger partial charge in [0.05, 0.1) is 12.6 Å². The SMILES string of the molecule is COc1ccc(CNc2ncccc2C2(NC(=O)OC(C)(C)C)CC2)cc1. The molecule has 6 nitrogen and oxygen atoms in total. The van der Waals surface area contributed by atoms with Crippen LogP contribution in [0.25, 0.3) is 0 Å². The van der Waals surface area contributed by atoms with Crippen LogP contribution < -0.4 is 15.4 Å². The van der Waals surface area contributed by atoms with Crippen molar-refractivity contribution in [2.24, 2.45) is 0 Å². The minimum Gasteiger partial charge on any atom is -0.497 e. The quantitative estimate of drug-likeness (QED) is 0.798. The summed E-state index contributed by atoms with van der Waals surface area (Å²) in [6, 6.07) is 11.8. The van der Waals surface area contributed by atoms with Crippen molar-refractivity contribution in [2.75, 3.05) is 12.4 Å². The second-order valence-corrected chi connectivity index (χ2v) is 7.81. The van der Waals surface area contributed by atoms with E-state index in [0.29, 0.717) is 6.54 Å². The Labute approximate surface area is 160 Å². The summed E-state index contributed by atoms with van der Waals surface area (Å²) in [6.45, 7) is 6.21. The predicted octanol–water partition coefficient (Wildman–Crippen LogP) is 4.22. The number of carbonyl (C=O) groups is 1. The van der Waals surface area contributed by atoms with Gasteiger partial charge in [0.1, 0.15) is 17.2 Å². The lowest BCUT2D eigenvalue weighted by molar-refractivity contribution is 0.0495. The topological polar surface area (TPSA) is 72.5 Å². The van der Waals surface area contributed by atoms with Crippen LogP contribution in [0.5, 0.6) is 5.75 Å². The average molecular weight is 369 g/mol. The Morgan fingerprint density at radius 2 is 1.89 bits per heavy atom. The maximum absolute atomic E-state index is 12.3. The van der Waals surface area contributed by atoms with Gasteiger partial charge in [-0.05, 0) is 57.4 Å². The predicted molar refractivity (Wildman–Crippen MR) is 105 cm³/mol. The number of pyridine rings is 1. The molecule has 0 unspecified atom stereocenters. The number of amides is 1. The number of nitrogens with one attached hydrogen (secondary N) is 2. The van der Waals surface area contributed by atoms with Gasteiger partial charge in [-0.3, -0.25) is 0 Å². The zero-order valence-corrected chi connectivity index (χ0v) is 16.3. The zero-order valence-electron chi connectivity index (χ0n) is 16.3. The normalized spacial score (nSPS) is 15.0. The molecule has 1 saturated carbocycles. The fourth-order valence-corrected chi connectivity index (χ4v) is 2.95. The van der Waals surface area contributed by atoms with Gasteiger partial charge in [0.25, 0.3) is 0 Å². The number of carbonyl (C=O) groups excluding carboxylic acids is 1. The molecular formula is C21H27N3O3. The molecule has 1 aromatic heterocycles. The molecule has 2 aromatic rings. The standard InChI is InChI=1S/C21H27N3O3/c1-20(2,3)27-19(25)24-21(11-12-21)17-6-5-13-22-18(17)23-14-15-7-9-16(26-4)10-8-15/h5-10,13H,11-12,14H2,1-4H3,(H,22,23)(H,24,25). The van der Waals surface area contributed by atoms with E-state index in [1.165, 1.54) is 0 Å². The molecule has 2 N–H and O–H groups in total. The Balaban J connectivity index is 1.70. The lowest BCUT2D eigenvalue weighted by Crippen LogP contribution is -2.39. The average Bonchev–Trinajstić information content (AvgIpc) is 3.39. The van der Waals surface area contributed by atoms with Gasteiger partial charge in [-0.15, -0.1) is 0 Å². The Morgan fingerprint density at radius 1 is 1.19 bits per heavy atom. The lowest BCUT2D eigenvalue weighted by atomic mass is 10.1. The van der Waals surface area contributed by atoms with Crippen molar-refractivity contribution in [3.8, 4) is 5.75 Å². The molecule has 3 rings (SSSR count). The first kappa shape index (κ1) is 19.0.